The Labute approximate surface area is 129 Å². The SMILES string of the molecule is CCCNCc1cc(CN2CC(C)N(C)C(C)C2)c(C)o1. The molecule has 2 heterocycles. The lowest BCUT2D eigenvalue weighted by atomic mass is 10.1. The van der Waals surface area contributed by atoms with Crippen molar-refractivity contribution in [1.29, 1.82) is 0 Å². The van der Waals surface area contributed by atoms with Crippen molar-refractivity contribution in [1.82, 2.24) is 15.1 Å². The molecule has 1 saturated heterocycles. The van der Waals surface area contributed by atoms with Crippen molar-refractivity contribution in [3.05, 3.63) is 23.2 Å². The summed E-state index contributed by atoms with van der Waals surface area (Å²) in [6, 6.07) is 3.46. The number of nitrogens with zero attached hydrogens (tertiary/aromatic N) is 2. The zero-order chi connectivity index (χ0) is 15.4. The molecule has 1 N–H and O–H groups in total. The summed E-state index contributed by atoms with van der Waals surface area (Å²) in [4.78, 5) is 5.02. The van der Waals surface area contributed by atoms with Crippen LogP contribution in [0.2, 0.25) is 0 Å². The quantitative estimate of drug-likeness (QED) is 0.817. The fraction of sp³-hybridized carbons (Fsp3) is 0.765. The van der Waals surface area contributed by atoms with E-state index >= 15 is 0 Å². The van der Waals surface area contributed by atoms with Gasteiger partial charge in [0, 0.05) is 37.3 Å². The van der Waals surface area contributed by atoms with Gasteiger partial charge in [-0.3, -0.25) is 9.80 Å². The maximum absolute atomic E-state index is 5.88. The molecule has 1 aromatic heterocycles. The van der Waals surface area contributed by atoms with E-state index in [-0.39, 0.29) is 0 Å². The lowest BCUT2D eigenvalue weighted by Gasteiger charge is -2.42. The highest BCUT2D eigenvalue weighted by Crippen LogP contribution is 2.20. The molecule has 1 aliphatic rings. The molecule has 4 heteroatoms. The van der Waals surface area contributed by atoms with Crippen LogP contribution < -0.4 is 5.32 Å². The van der Waals surface area contributed by atoms with Crippen molar-refractivity contribution < 1.29 is 4.42 Å². The van der Waals surface area contributed by atoms with Gasteiger partial charge in [0.25, 0.3) is 0 Å². The first-order chi connectivity index (χ1) is 10.0. The Kier molecular flexibility index (Phi) is 5.85. The van der Waals surface area contributed by atoms with Gasteiger partial charge in [0.05, 0.1) is 6.54 Å². The Morgan fingerprint density at radius 3 is 2.57 bits per heavy atom. The number of furan rings is 1. The molecule has 0 amide bonds. The highest BCUT2D eigenvalue weighted by molar-refractivity contribution is 5.21. The van der Waals surface area contributed by atoms with Crippen LogP contribution in [0.4, 0.5) is 0 Å². The molecule has 2 unspecified atom stereocenters. The molecule has 21 heavy (non-hydrogen) atoms. The van der Waals surface area contributed by atoms with Crippen LogP contribution in [0.5, 0.6) is 0 Å². The molecule has 0 aliphatic carbocycles. The van der Waals surface area contributed by atoms with Crippen molar-refractivity contribution in [3.63, 3.8) is 0 Å². The molecule has 0 saturated carbocycles. The number of hydrogen-bond acceptors (Lipinski definition) is 4. The minimum absolute atomic E-state index is 0.617. The molecule has 4 nitrogen and oxygen atoms in total. The van der Waals surface area contributed by atoms with Gasteiger partial charge in [-0.2, -0.15) is 0 Å². The molecule has 1 fully saturated rings. The minimum Gasteiger partial charge on any atom is -0.465 e. The Morgan fingerprint density at radius 2 is 1.95 bits per heavy atom. The van der Waals surface area contributed by atoms with E-state index in [1.165, 1.54) is 5.56 Å². The molecule has 1 aliphatic heterocycles. The predicted molar refractivity (Wildman–Crippen MR) is 87.4 cm³/mol. The van der Waals surface area contributed by atoms with Crippen LogP contribution >= 0.6 is 0 Å². The van der Waals surface area contributed by atoms with E-state index < -0.39 is 0 Å². The van der Waals surface area contributed by atoms with E-state index in [4.69, 9.17) is 4.42 Å². The maximum atomic E-state index is 5.88. The first-order valence-corrected chi connectivity index (χ1v) is 8.24. The summed E-state index contributed by atoms with van der Waals surface area (Å²) in [6.45, 7) is 14.0. The average Bonchev–Trinajstić information content (AvgIpc) is 2.77. The molecule has 120 valence electrons. The molecule has 0 radical (unpaired) electrons. The Hall–Kier alpha value is -0.840. The van der Waals surface area contributed by atoms with Crippen molar-refractivity contribution in [2.24, 2.45) is 0 Å². The summed E-state index contributed by atoms with van der Waals surface area (Å²) in [5.74, 6) is 2.13. The monoisotopic (exact) mass is 293 g/mol. The maximum Gasteiger partial charge on any atom is 0.118 e. The van der Waals surface area contributed by atoms with Gasteiger partial charge >= 0.3 is 0 Å². The zero-order valence-electron chi connectivity index (χ0n) is 14.3. The first kappa shape index (κ1) is 16.5. The molecular weight excluding hydrogens is 262 g/mol. The summed E-state index contributed by atoms with van der Waals surface area (Å²) < 4.78 is 5.88. The summed E-state index contributed by atoms with van der Waals surface area (Å²) in [5, 5.41) is 3.40. The topological polar surface area (TPSA) is 31.6 Å². The smallest absolute Gasteiger partial charge is 0.118 e. The number of aryl methyl sites for hydroxylation is 1. The Balaban J connectivity index is 1.93. The van der Waals surface area contributed by atoms with Crippen molar-refractivity contribution >= 4 is 0 Å². The van der Waals surface area contributed by atoms with Crippen LogP contribution in [0, 0.1) is 6.92 Å². The largest absolute Gasteiger partial charge is 0.465 e. The van der Waals surface area contributed by atoms with Gasteiger partial charge in [-0.15, -0.1) is 0 Å². The lowest BCUT2D eigenvalue weighted by Crippen LogP contribution is -2.54. The highest BCUT2D eigenvalue weighted by Gasteiger charge is 2.26. The van der Waals surface area contributed by atoms with E-state index in [0.29, 0.717) is 12.1 Å². The molecule has 0 spiro atoms. The van der Waals surface area contributed by atoms with Gasteiger partial charge in [-0.1, -0.05) is 6.92 Å². The Bertz CT molecular complexity index is 431. The van der Waals surface area contributed by atoms with E-state index in [9.17, 15) is 0 Å². The fourth-order valence-corrected chi connectivity index (χ4v) is 3.10. The second-order valence-corrected chi connectivity index (χ2v) is 6.53. The van der Waals surface area contributed by atoms with Crippen LogP contribution in [-0.4, -0.2) is 48.6 Å². The third-order valence-corrected chi connectivity index (χ3v) is 4.63. The van der Waals surface area contributed by atoms with E-state index in [1.54, 1.807) is 0 Å². The number of nitrogens with one attached hydrogen (secondary N) is 1. The number of piperazine rings is 1. The van der Waals surface area contributed by atoms with Crippen molar-refractivity contribution in [2.45, 2.75) is 59.3 Å². The van der Waals surface area contributed by atoms with E-state index in [0.717, 1.165) is 50.7 Å². The molecule has 0 bridgehead atoms. The van der Waals surface area contributed by atoms with Crippen LogP contribution in [0.25, 0.3) is 0 Å². The van der Waals surface area contributed by atoms with Gasteiger partial charge < -0.3 is 9.73 Å². The molecule has 2 rings (SSSR count). The number of hydrogen-bond donors (Lipinski definition) is 1. The Morgan fingerprint density at radius 1 is 1.29 bits per heavy atom. The second kappa shape index (κ2) is 7.43. The lowest BCUT2D eigenvalue weighted by molar-refractivity contribution is 0.0554. The summed E-state index contributed by atoms with van der Waals surface area (Å²) in [5.41, 5.74) is 1.34. The summed E-state index contributed by atoms with van der Waals surface area (Å²) >= 11 is 0. The predicted octanol–water partition coefficient (Wildman–Crippen LogP) is 2.61. The second-order valence-electron chi connectivity index (χ2n) is 6.53. The standard InChI is InChI=1S/C17H31N3O/c1-6-7-18-9-17-8-16(15(4)21-17)12-20-10-13(2)19(5)14(3)11-20/h8,13-14,18H,6-7,9-12H2,1-5H3. The summed E-state index contributed by atoms with van der Waals surface area (Å²) in [7, 11) is 2.23. The van der Waals surface area contributed by atoms with E-state index in [1.807, 2.05) is 0 Å². The molecule has 2 atom stereocenters. The highest BCUT2D eigenvalue weighted by atomic mass is 16.3. The number of likely N-dealkylation sites (N-methyl/N-ethyl adjacent to an activating group) is 1. The summed E-state index contributed by atoms with van der Waals surface area (Å²) in [6.07, 6.45) is 1.16. The van der Waals surface area contributed by atoms with Crippen molar-refractivity contribution in [2.75, 3.05) is 26.7 Å². The van der Waals surface area contributed by atoms with Gasteiger partial charge in [0.1, 0.15) is 11.5 Å². The normalized spacial score (nSPS) is 24.6. The minimum atomic E-state index is 0.617. The van der Waals surface area contributed by atoms with Crippen LogP contribution in [-0.2, 0) is 13.1 Å². The van der Waals surface area contributed by atoms with Gasteiger partial charge in [0.2, 0.25) is 0 Å². The zero-order valence-corrected chi connectivity index (χ0v) is 14.3. The number of rotatable bonds is 6. The van der Waals surface area contributed by atoms with Crippen LogP contribution in [0.15, 0.2) is 10.5 Å². The third kappa shape index (κ3) is 4.31. The van der Waals surface area contributed by atoms with Gasteiger partial charge in [-0.05, 0) is 46.9 Å². The molecule has 1 aromatic rings. The first-order valence-electron chi connectivity index (χ1n) is 8.24. The molecular formula is C17H31N3O. The average molecular weight is 293 g/mol. The van der Waals surface area contributed by atoms with Gasteiger partial charge in [-0.25, -0.2) is 0 Å². The van der Waals surface area contributed by atoms with Crippen LogP contribution in [0.3, 0.4) is 0 Å². The fourth-order valence-electron chi connectivity index (χ4n) is 3.10. The van der Waals surface area contributed by atoms with Gasteiger partial charge in [0.15, 0.2) is 0 Å². The van der Waals surface area contributed by atoms with Crippen LogP contribution in [0.1, 0.15) is 44.3 Å². The third-order valence-electron chi connectivity index (χ3n) is 4.63. The van der Waals surface area contributed by atoms with Crippen molar-refractivity contribution in [3.8, 4) is 0 Å². The van der Waals surface area contributed by atoms with E-state index in [2.05, 4.69) is 55.9 Å². The molecule has 0 aromatic carbocycles.